The van der Waals surface area contributed by atoms with Crippen LogP contribution in [0.5, 0.6) is 0 Å². The Labute approximate surface area is 87.0 Å². The molecule has 1 rings (SSSR count). The minimum Gasteiger partial charge on any atom is -0.394 e. The third-order valence-corrected chi connectivity index (χ3v) is 3.43. The van der Waals surface area contributed by atoms with Crippen molar-refractivity contribution in [3.05, 3.63) is 6.20 Å². The zero-order valence-electron chi connectivity index (χ0n) is 8.31. The molecule has 0 aliphatic rings. The summed E-state index contributed by atoms with van der Waals surface area (Å²) < 4.78 is 22.1. The van der Waals surface area contributed by atoms with Gasteiger partial charge in [-0.2, -0.15) is 5.10 Å². The number of carbonyl (C=O) groups is 1. The first-order valence-corrected chi connectivity index (χ1v) is 6.06. The van der Waals surface area contributed by atoms with E-state index < -0.39 is 21.0 Å². The Bertz CT molecular complexity index is 464. The fourth-order valence-corrected chi connectivity index (χ4v) is 1.26. The van der Waals surface area contributed by atoms with Crippen LogP contribution in [0.3, 0.4) is 0 Å². The molecule has 1 amide bonds. The van der Waals surface area contributed by atoms with Gasteiger partial charge in [0.1, 0.15) is 5.25 Å². The van der Waals surface area contributed by atoms with E-state index in [4.69, 9.17) is 5.73 Å². The number of nitrogens with one attached hydrogen (secondary N) is 2. The van der Waals surface area contributed by atoms with E-state index in [1.807, 2.05) is 0 Å². The number of nitrogen functional groups attached to an aromatic ring is 1. The van der Waals surface area contributed by atoms with Crippen LogP contribution in [0.15, 0.2) is 6.20 Å². The number of aromatic nitrogens is 2. The van der Waals surface area contributed by atoms with Crippen LogP contribution in [0.1, 0.15) is 6.92 Å². The molecule has 1 aromatic heterocycles. The van der Waals surface area contributed by atoms with Gasteiger partial charge in [0.15, 0.2) is 15.7 Å². The highest BCUT2D eigenvalue weighted by Crippen LogP contribution is 2.13. The number of carbonyl (C=O) groups excluding carboxylic acids is 1. The molecule has 1 unspecified atom stereocenters. The molecule has 1 heterocycles. The van der Waals surface area contributed by atoms with Gasteiger partial charge in [-0.1, -0.05) is 0 Å². The number of aromatic amines is 1. The average Bonchev–Trinajstić information content (AvgIpc) is 2.49. The predicted octanol–water partition coefficient (Wildman–Crippen LogP) is -0.637. The van der Waals surface area contributed by atoms with Crippen molar-refractivity contribution in [2.45, 2.75) is 12.2 Å². The van der Waals surface area contributed by atoms with Gasteiger partial charge in [-0.05, 0) is 6.92 Å². The Morgan fingerprint density at radius 1 is 1.67 bits per heavy atom. The highest BCUT2D eigenvalue weighted by atomic mass is 32.2. The van der Waals surface area contributed by atoms with Crippen molar-refractivity contribution in [1.29, 1.82) is 0 Å². The van der Waals surface area contributed by atoms with Gasteiger partial charge in [-0.15, -0.1) is 0 Å². The summed E-state index contributed by atoms with van der Waals surface area (Å²) in [7, 11) is -3.41. The van der Waals surface area contributed by atoms with E-state index in [0.29, 0.717) is 0 Å². The van der Waals surface area contributed by atoms with Crippen LogP contribution in [0.2, 0.25) is 0 Å². The highest BCUT2D eigenvalue weighted by Gasteiger charge is 2.24. The van der Waals surface area contributed by atoms with Crippen molar-refractivity contribution in [1.82, 2.24) is 10.2 Å². The molecule has 84 valence electrons. The summed E-state index contributed by atoms with van der Waals surface area (Å²) in [5.41, 5.74) is 5.69. The first kappa shape index (κ1) is 11.5. The number of nitrogens with two attached hydrogens (primary N) is 1. The van der Waals surface area contributed by atoms with Gasteiger partial charge in [0, 0.05) is 6.26 Å². The molecule has 0 bridgehead atoms. The number of nitrogens with zero attached hydrogens (tertiary/aromatic N) is 1. The Hall–Kier alpha value is -1.57. The van der Waals surface area contributed by atoms with Crippen molar-refractivity contribution in [3.63, 3.8) is 0 Å². The molecule has 0 fully saturated rings. The van der Waals surface area contributed by atoms with Gasteiger partial charge in [0.05, 0.1) is 11.9 Å². The average molecular weight is 232 g/mol. The van der Waals surface area contributed by atoms with E-state index in [2.05, 4.69) is 15.5 Å². The molecule has 1 atom stereocenters. The number of amides is 1. The van der Waals surface area contributed by atoms with Crippen LogP contribution in [-0.4, -0.2) is 36.0 Å². The van der Waals surface area contributed by atoms with E-state index in [1.54, 1.807) is 0 Å². The van der Waals surface area contributed by atoms with Gasteiger partial charge >= 0.3 is 0 Å². The minimum absolute atomic E-state index is 0.204. The summed E-state index contributed by atoms with van der Waals surface area (Å²) in [6, 6.07) is 0. The second kappa shape index (κ2) is 3.89. The maximum Gasteiger partial charge on any atom is 0.243 e. The van der Waals surface area contributed by atoms with Gasteiger partial charge in [-0.25, -0.2) is 8.42 Å². The molecule has 0 aliphatic heterocycles. The second-order valence-electron chi connectivity index (χ2n) is 3.16. The molecule has 4 N–H and O–H groups in total. The summed E-state index contributed by atoms with van der Waals surface area (Å²) in [5.74, 6) is -0.441. The number of H-pyrrole nitrogens is 1. The maximum absolute atomic E-state index is 11.4. The van der Waals surface area contributed by atoms with Crippen LogP contribution < -0.4 is 11.1 Å². The van der Waals surface area contributed by atoms with E-state index in [9.17, 15) is 13.2 Å². The predicted molar refractivity (Wildman–Crippen MR) is 55.9 cm³/mol. The normalized spacial score (nSPS) is 13.5. The molecule has 7 nitrogen and oxygen atoms in total. The summed E-state index contributed by atoms with van der Waals surface area (Å²) >= 11 is 0. The van der Waals surface area contributed by atoms with Crippen LogP contribution >= 0.6 is 0 Å². The van der Waals surface area contributed by atoms with Crippen molar-refractivity contribution < 1.29 is 13.2 Å². The lowest BCUT2D eigenvalue weighted by molar-refractivity contribution is -0.115. The molecule has 0 radical (unpaired) electrons. The lowest BCUT2D eigenvalue weighted by Gasteiger charge is -2.09. The molecule has 0 aliphatic carbocycles. The molecular formula is C7H12N4O3S. The molecule has 0 saturated heterocycles. The molecular weight excluding hydrogens is 220 g/mol. The van der Waals surface area contributed by atoms with Gasteiger partial charge in [-0.3, -0.25) is 9.89 Å². The molecule has 15 heavy (non-hydrogen) atoms. The van der Waals surface area contributed by atoms with E-state index >= 15 is 0 Å². The fraction of sp³-hybridized carbons (Fsp3) is 0.429. The second-order valence-corrected chi connectivity index (χ2v) is 5.53. The van der Waals surface area contributed by atoms with E-state index in [1.165, 1.54) is 13.1 Å². The minimum atomic E-state index is -3.41. The van der Waals surface area contributed by atoms with E-state index in [-0.39, 0.29) is 11.5 Å². The van der Waals surface area contributed by atoms with Gasteiger partial charge in [0.25, 0.3) is 0 Å². The topological polar surface area (TPSA) is 118 Å². The molecule has 0 spiro atoms. The smallest absolute Gasteiger partial charge is 0.243 e. The monoisotopic (exact) mass is 232 g/mol. The maximum atomic E-state index is 11.4. The standard InChI is InChI=1S/C7H12N4O3S/c1-4(15(2,13)14)7(12)10-6-5(8)3-9-11-6/h3-4H,8H2,1-2H3,(H2,9,10,11,12). The summed E-state index contributed by atoms with van der Waals surface area (Å²) in [6.45, 7) is 1.30. The number of hydrogen-bond acceptors (Lipinski definition) is 5. The first-order valence-electron chi connectivity index (χ1n) is 4.11. The Morgan fingerprint density at radius 2 is 2.27 bits per heavy atom. The molecule has 0 saturated carbocycles. The summed E-state index contributed by atoms with van der Waals surface area (Å²) in [6.07, 6.45) is 2.31. The zero-order valence-corrected chi connectivity index (χ0v) is 9.13. The Morgan fingerprint density at radius 3 is 2.67 bits per heavy atom. The van der Waals surface area contributed by atoms with Crippen molar-refractivity contribution in [2.24, 2.45) is 0 Å². The SMILES string of the molecule is CC(C(=O)Nc1[nH]ncc1N)S(C)(=O)=O. The van der Waals surface area contributed by atoms with Crippen molar-refractivity contribution >= 4 is 27.2 Å². The lowest BCUT2D eigenvalue weighted by Crippen LogP contribution is -2.32. The third kappa shape index (κ3) is 2.69. The first-order chi connectivity index (χ1) is 6.82. The number of sulfone groups is 1. The van der Waals surface area contributed by atoms with Crippen LogP contribution in [0, 0.1) is 0 Å². The highest BCUT2D eigenvalue weighted by molar-refractivity contribution is 7.92. The third-order valence-electron chi connectivity index (χ3n) is 1.93. The molecule has 0 aromatic carbocycles. The van der Waals surface area contributed by atoms with Gasteiger partial charge in [0.2, 0.25) is 5.91 Å². The number of anilines is 2. The molecule has 8 heteroatoms. The van der Waals surface area contributed by atoms with Crippen molar-refractivity contribution in [3.8, 4) is 0 Å². The van der Waals surface area contributed by atoms with Crippen molar-refractivity contribution in [2.75, 3.05) is 17.3 Å². The van der Waals surface area contributed by atoms with Crippen LogP contribution in [0.25, 0.3) is 0 Å². The zero-order chi connectivity index (χ0) is 11.6. The largest absolute Gasteiger partial charge is 0.394 e. The van der Waals surface area contributed by atoms with Crippen LogP contribution in [-0.2, 0) is 14.6 Å². The lowest BCUT2D eigenvalue weighted by atomic mass is 10.4. The Kier molecular flexibility index (Phi) is 2.98. The molecule has 1 aromatic rings. The van der Waals surface area contributed by atoms with Gasteiger partial charge < -0.3 is 11.1 Å². The quantitative estimate of drug-likeness (QED) is 0.640. The number of rotatable bonds is 3. The Balaban J connectivity index is 2.77. The fourth-order valence-electron chi connectivity index (χ4n) is 0.815. The summed E-state index contributed by atoms with van der Waals surface area (Å²) in [5, 5.41) is 7.23. The number of hydrogen-bond donors (Lipinski definition) is 3. The van der Waals surface area contributed by atoms with Crippen LogP contribution in [0.4, 0.5) is 11.5 Å². The van der Waals surface area contributed by atoms with E-state index in [0.717, 1.165) is 6.26 Å². The summed E-state index contributed by atoms with van der Waals surface area (Å²) in [4.78, 5) is 11.4.